The van der Waals surface area contributed by atoms with Gasteiger partial charge in [-0.05, 0) is 12.8 Å². The van der Waals surface area contributed by atoms with Crippen LogP contribution in [0.4, 0.5) is 0 Å². The molecule has 1 aromatic heterocycles. The lowest BCUT2D eigenvalue weighted by molar-refractivity contribution is -0.140. The Morgan fingerprint density at radius 1 is 1.56 bits per heavy atom. The van der Waals surface area contributed by atoms with E-state index in [2.05, 4.69) is 16.8 Å². The standard InChI is InChI=1S/C11H18N2O3/c1-3-6-13-9-10(8-12-13)16-7-4-5-11(14)15-2/h8-9H,3-7H2,1-2H3. The Kier molecular flexibility index (Phi) is 5.39. The summed E-state index contributed by atoms with van der Waals surface area (Å²) in [6, 6.07) is 0. The first kappa shape index (κ1) is 12.5. The molecular formula is C11H18N2O3. The summed E-state index contributed by atoms with van der Waals surface area (Å²) in [4.78, 5) is 10.8. The highest BCUT2D eigenvalue weighted by molar-refractivity contribution is 5.68. The van der Waals surface area contributed by atoms with Gasteiger partial charge in [0.15, 0.2) is 5.75 Å². The number of aromatic nitrogens is 2. The molecule has 1 aromatic rings. The van der Waals surface area contributed by atoms with Gasteiger partial charge in [-0.3, -0.25) is 9.48 Å². The van der Waals surface area contributed by atoms with Gasteiger partial charge < -0.3 is 9.47 Å². The van der Waals surface area contributed by atoms with Gasteiger partial charge >= 0.3 is 5.97 Å². The summed E-state index contributed by atoms with van der Waals surface area (Å²) >= 11 is 0. The SMILES string of the molecule is CCCn1cc(OCCCC(=O)OC)cn1. The Labute approximate surface area is 95.3 Å². The molecule has 0 aliphatic carbocycles. The minimum absolute atomic E-state index is 0.203. The number of ether oxygens (including phenoxy) is 2. The van der Waals surface area contributed by atoms with Gasteiger partial charge in [-0.1, -0.05) is 6.92 Å². The lowest BCUT2D eigenvalue weighted by Crippen LogP contribution is -2.04. The third kappa shape index (κ3) is 4.33. The van der Waals surface area contributed by atoms with Crippen LogP contribution in [0.5, 0.6) is 5.75 Å². The van der Waals surface area contributed by atoms with Crippen molar-refractivity contribution in [1.82, 2.24) is 9.78 Å². The number of carbonyl (C=O) groups is 1. The molecule has 0 unspecified atom stereocenters. The summed E-state index contributed by atoms with van der Waals surface area (Å²) in [6.07, 6.45) is 5.64. The van der Waals surface area contributed by atoms with Crippen LogP contribution in [0.3, 0.4) is 0 Å². The lowest BCUT2D eigenvalue weighted by Gasteiger charge is -2.02. The second-order valence-electron chi connectivity index (χ2n) is 3.47. The van der Waals surface area contributed by atoms with E-state index in [4.69, 9.17) is 4.74 Å². The van der Waals surface area contributed by atoms with Gasteiger partial charge in [-0.2, -0.15) is 5.10 Å². The monoisotopic (exact) mass is 226 g/mol. The molecule has 0 spiro atoms. The van der Waals surface area contributed by atoms with E-state index in [0.717, 1.165) is 18.7 Å². The lowest BCUT2D eigenvalue weighted by atomic mass is 10.3. The van der Waals surface area contributed by atoms with E-state index < -0.39 is 0 Å². The second-order valence-corrected chi connectivity index (χ2v) is 3.47. The summed E-state index contributed by atoms with van der Waals surface area (Å²) in [5.74, 6) is 0.545. The Balaban J connectivity index is 2.19. The maximum atomic E-state index is 10.8. The largest absolute Gasteiger partial charge is 0.490 e. The average Bonchev–Trinajstić information content (AvgIpc) is 2.72. The first-order valence-electron chi connectivity index (χ1n) is 5.48. The first-order valence-corrected chi connectivity index (χ1v) is 5.48. The molecule has 0 fully saturated rings. The molecule has 0 N–H and O–H groups in total. The normalized spacial score (nSPS) is 10.1. The molecule has 0 saturated heterocycles. The fourth-order valence-corrected chi connectivity index (χ4v) is 1.28. The molecule has 5 nitrogen and oxygen atoms in total. The number of nitrogens with zero attached hydrogens (tertiary/aromatic N) is 2. The molecule has 1 heterocycles. The molecule has 0 radical (unpaired) electrons. The number of rotatable bonds is 7. The van der Waals surface area contributed by atoms with Crippen molar-refractivity contribution in [3.05, 3.63) is 12.4 Å². The summed E-state index contributed by atoms with van der Waals surface area (Å²) in [5, 5.41) is 4.14. The molecule has 0 atom stereocenters. The number of aryl methyl sites for hydroxylation is 1. The maximum Gasteiger partial charge on any atom is 0.305 e. The minimum Gasteiger partial charge on any atom is -0.490 e. The van der Waals surface area contributed by atoms with Gasteiger partial charge in [0.05, 0.1) is 26.1 Å². The Bertz CT molecular complexity index is 323. The highest BCUT2D eigenvalue weighted by Crippen LogP contribution is 2.09. The fourth-order valence-electron chi connectivity index (χ4n) is 1.28. The predicted octanol–water partition coefficient (Wildman–Crippen LogP) is 1.63. The van der Waals surface area contributed by atoms with Crippen molar-refractivity contribution < 1.29 is 14.3 Å². The second kappa shape index (κ2) is 6.87. The van der Waals surface area contributed by atoms with Gasteiger partial charge in [0.25, 0.3) is 0 Å². The van der Waals surface area contributed by atoms with Crippen molar-refractivity contribution in [2.75, 3.05) is 13.7 Å². The van der Waals surface area contributed by atoms with Crippen molar-refractivity contribution in [3.8, 4) is 5.75 Å². The van der Waals surface area contributed by atoms with E-state index in [9.17, 15) is 4.79 Å². The van der Waals surface area contributed by atoms with E-state index in [1.165, 1.54) is 7.11 Å². The van der Waals surface area contributed by atoms with Crippen LogP contribution in [-0.2, 0) is 16.1 Å². The predicted molar refractivity (Wildman–Crippen MR) is 59.3 cm³/mol. The van der Waals surface area contributed by atoms with E-state index in [0.29, 0.717) is 19.4 Å². The third-order valence-electron chi connectivity index (χ3n) is 2.08. The number of esters is 1. The third-order valence-corrected chi connectivity index (χ3v) is 2.08. The minimum atomic E-state index is -0.203. The molecule has 0 aliphatic heterocycles. The van der Waals surface area contributed by atoms with Crippen LogP contribution >= 0.6 is 0 Å². The zero-order chi connectivity index (χ0) is 11.8. The van der Waals surface area contributed by atoms with E-state index >= 15 is 0 Å². The van der Waals surface area contributed by atoms with Crippen LogP contribution in [0.1, 0.15) is 26.2 Å². The number of methoxy groups -OCH3 is 1. The van der Waals surface area contributed by atoms with Crippen molar-refractivity contribution in [3.63, 3.8) is 0 Å². The Morgan fingerprint density at radius 2 is 2.38 bits per heavy atom. The molecule has 0 amide bonds. The average molecular weight is 226 g/mol. The molecule has 5 heteroatoms. The van der Waals surface area contributed by atoms with Crippen LogP contribution in [0.2, 0.25) is 0 Å². The van der Waals surface area contributed by atoms with Crippen LogP contribution in [0.25, 0.3) is 0 Å². The number of carbonyl (C=O) groups excluding carboxylic acids is 1. The van der Waals surface area contributed by atoms with E-state index in [1.54, 1.807) is 6.20 Å². The van der Waals surface area contributed by atoms with E-state index in [-0.39, 0.29) is 5.97 Å². The topological polar surface area (TPSA) is 53.4 Å². The van der Waals surface area contributed by atoms with Crippen molar-refractivity contribution in [2.45, 2.75) is 32.7 Å². The molecule has 0 aliphatic rings. The van der Waals surface area contributed by atoms with Crippen LogP contribution in [-0.4, -0.2) is 29.5 Å². The van der Waals surface area contributed by atoms with Gasteiger partial charge in [0.2, 0.25) is 0 Å². The zero-order valence-electron chi connectivity index (χ0n) is 9.81. The number of hydrogen-bond donors (Lipinski definition) is 0. The molecule has 0 bridgehead atoms. The first-order chi connectivity index (χ1) is 7.76. The molecule has 0 aromatic carbocycles. The summed E-state index contributed by atoms with van der Waals surface area (Å²) in [5.41, 5.74) is 0. The number of hydrogen-bond acceptors (Lipinski definition) is 4. The summed E-state index contributed by atoms with van der Waals surface area (Å²) in [7, 11) is 1.39. The van der Waals surface area contributed by atoms with Gasteiger partial charge in [-0.25, -0.2) is 0 Å². The van der Waals surface area contributed by atoms with Crippen LogP contribution in [0.15, 0.2) is 12.4 Å². The molecule has 90 valence electrons. The highest BCUT2D eigenvalue weighted by Gasteiger charge is 2.01. The maximum absolute atomic E-state index is 10.8. The van der Waals surface area contributed by atoms with Crippen LogP contribution < -0.4 is 4.74 Å². The van der Waals surface area contributed by atoms with Gasteiger partial charge in [-0.15, -0.1) is 0 Å². The zero-order valence-corrected chi connectivity index (χ0v) is 9.81. The quantitative estimate of drug-likeness (QED) is 0.523. The molecule has 16 heavy (non-hydrogen) atoms. The van der Waals surface area contributed by atoms with Crippen molar-refractivity contribution in [2.24, 2.45) is 0 Å². The molecular weight excluding hydrogens is 208 g/mol. The highest BCUT2D eigenvalue weighted by atomic mass is 16.5. The fraction of sp³-hybridized carbons (Fsp3) is 0.636. The van der Waals surface area contributed by atoms with Crippen molar-refractivity contribution in [1.29, 1.82) is 0 Å². The molecule has 1 rings (SSSR count). The summed E-state index contributed by atoms with van der Waals surface area (Å²) in [6.45, 7) is 3.50. The Morgan fingerprint density at radius 3 is 3.06 bits per heavy atom. The van der Waals surface area contributed by atoms with Gasteiger partial charge in [0, 0.05) is 13.0 Å². The molecule has 0 saturated carbocycles. The van der Waals surface area contributed by atoms with Crippen LogP contribution in [0, 0.1) is 0 Å². The van der Waals surface area contributed by atoms with Gasteiger partial charge in [0.1, 0.15) is 0 Å². The smallest absolute Gasteiger partial charge is 0.305 e. The van der Waals surface area contributed by atoms with E-state index in [1.807, 2.05) is 10.9 Å². The summed E-state index contributed by atoms with van der Waals surface area (Å²) < 4.78 is 11.8. The Hall–Kier alpha value is -1.52. The van der Waals surface area contributed by atoms with Crippen molar-refractivity contribution >= 4 is 5.97 Å².